The van der Waals surface area contributed by atoms with Crippen LogP contribution in [0.1, 0.15) is 36.9 Å². The number of anilines is 1. The van der Waals surface area contributed by atoms with Gasteiger partial charge in [0.15, 0.2) is 5.57 Å². The van der Waals surface area contributed by atoms with Gasteiger partial charge in [0.05, 0.1) is 15.8 Å². The molecule has 3 rings (SSSR count). The van der Waals surface area contributed by atoms with Gasteiger partial charge in [-0.25, -0.2) is 4.98 Å². The van der Waals surface area contributed by atoms with Crippen LogP contribution in [0.4, 0.5) is 5.00 Å². The van der Waals surface area contributed by atoms with Crippen molar-refractivity contribution < 1.29 is 0 Å². The van der Waals surface area contributed by atoms with Gasteiger partial charge < -0.3 is 5.73 Å². The van der Waals surface area contributed by atoms with E-state index < -0.39 is 0 Å². The van der Waals surface area contributed by atoms with E-state index in [1.165, 1.54) is 22.7 Å². The average Bonchev–Trinajstić information content (AvgIpc) is 3.24. The highest BCUT2D eigenvalue weighted by molar-refractivity contribution is 7.17. The minimum absolute atomic E-state index is 0.00756. The first kappa shape index (κ1) is 20.3. The van der Waals surface area contributed by atoms with Gasteiger partial charge in [-0.05, 0) is 11.6 Å². The zero-order valence-corrected chi connectivity index (χ0v) is 17.8. The van der Waals surface area contributed by atoms with Gasteiger partial charge in [0, 0.05) is 15.9 Å². The number of nitriles is 3. The zero-order valence-electron chi connectivity index (χ0n) is 16.1. The molecule has 0 spiro atoms. The molecule has 0 aliphatic carbocycles. The largest absolute Gasteiger partial charge is 0.389 e. The van der Waals surface area contributed by atoms with Crippen molar-refractivity contribution in [2.45, 2.75) is 26.2 Å². The number of nitrogen functional groups attached to an aromatic ring is 1. The molecule has 3 aromatic rings. The molecule has 0 saturated heterocycles. The second kappa shape index (κ2) is 7.89. The third-order valence-corrected chi connectivity index (χ3v) is 6.19. The van der Waals surface area contributed by atoms with Crippen LogP contribution in [-0.4, -0.2) is 4.98 Å². The molecule has 0 fully saturated rings. The van der Waals surface area contributed by atoms with Gasteiger partial charge in [-0.1, -0.05) is 51.1 Å². The lowest BCUT2D eigenvalue weighted by atomic mass is 9.92. The Kier molecular flexibility index (Phi) is 5.52. The van der Waals surface area contributed by atoms with Gasteiger partial charge >= 0.3 is 0 Å². The fourth-order valence-electron chi connectivity index (χ4n) is 2.88. The van der Waals surface area contributed by atoms with Crippen LogP contribution in [0.5, 0.6) is 0 Å². The topological polar surface area (TPSA) is 110 Å². The Morgan fingerprint density at radius 1 is 1.07 bits per heavy atom. The number of thiophene rings is 1. The predicted octanol–water partition coefficient (Wildman–Crippen LogP) is 3.65. The Hall–Kier alpha value is -3.44. The highest BCUT2D eigenvalue weighted by Gasteiger charge is 2.22. The van der Waals surface area contributed by atoms with Crippen molar-refractivity contribution in [1.29, 1.82) is 15.8 Å². The molecule has 142 valence electrons. The molecule has 0 amide bonds. The molecule has 2 N–H and O–H groups in total. The van der Waals surface area contributed by atoms with E-state index in [0.717, 1.165) is 26.2 Å². The maximum absolute atomic E-state index is 9.64. The zero-order chi connectivity index (χ0) is 21.2. The van der Waals surface area contributed by atoms with Crippen molar-refractivity contribution in [3.63, 3.8) is 0 Å². The number of aromatic nitrogens is 1. The van der Waals surface area contributed by atoms with E-state index in [9.17, 15) is 15.8 Å². The summed E-state index contributed by atoms with van der Waals surface area (Å²) in [6.07, 6.45) is 1.96. The van der Waals surface area contributed by atoms with E-state index >= 15 is 0 Å². The molecule has 2 heterocycles. The van der Waals surface area contributed by atoms with Crippen LogP contribution in [0.25, 0.3) is 22.8 Å². The molecular formula is C22H17N5S2. The van der Waals surface area contributed by atoms with E-state index in [0.29, 0.717) is 15.2 Å². The van der Waals surface area contributed by atoms with Crippen LogP contribution >= 0.6 is 22.7 Å². The molecule has 0 atom stereocenters. The van der Waals surface area contributed by atoms with Crippen molar-refractivity contribution in [3.05, 3.63) is 55.7 Å². The van der Waals surface area contributed by atoms with E-state index in [-0.39, 0.29) is 11.0 Å². The Bertz CT molecular complexity index is 1300. The van der Waals surface area contributed by atoms with Gasteiger partial charge in [-0.3, -0.25) is 0 Å². The van der Waals surface area contributed by atoms with Crippen LogP contribution in [0.3, 0.4) is 0 Å². The lowest BCUT2D eigenvalue weighted by Gasteiger charge is -2.15. The average molecular weight is 416 g/mol. The Morgan fingerprint density at radius 3 is 2.28 bits per heavy atom. The third-order valence-electron chi connectivity index (χ3n) is 4.20. The second-order valence-corrected chi connectivity index (χ2v) is 9.40. The lowest BCUT2D eigenvalue weighted by molar-refractivity contribution is 0.568. The first-order valence-electron chi connectivity index (χ1n) is 8.71. The molecular weight excluding hydrogens is 398 g/mol. The normalized spacial score (nSPS) is 11.5. The van der Waals surface area contributed by atoms with E-state index in [4.69, 9.17) is 5.73 Å². The minimum atomic E-state index is -0.287. The molecule has 0 aliphatic rings. The monoisotopic (exact) mass is 415 g/mol. The molecule has 0 aliphatic heterocycles. The van der Waals surface area contributed by atoms with Crippen LogP contribution in [0.15, 0.2) is 30.3 Å². The summed E-state index contributed by atoms with van der Waals surface area (Å²) in [4.78, 5) is 5.43. The maximum Gasteiger partial charge on any atom is 0.165 e. The van der Waals surface area contributed by atoms with Crippen LogP contribution in [-0.2, 0) is 5.41 Å². The van der Waals surface area contributed by atoms with Crippen LogP contribution in [0.2, 0.25) is 0 Å². The fourth-order valence-corrected chi connectivity index (χ4v) is 5.11. The molecule has 0 bridgehead atoms. The van der Waals surface area contributed by atoms with Crippen LogP contribution in [0, 0.1) is 34.0 Å². The molecule has 0 saturated carbocycles. The van der Waals surface area contributed by atoms with Gasteiger partial charge in [0.2, 0.25) is 0 Å². The van der Waals surface area contributed by atoms with Crippen LogP contribution < -0.4 is 14.9 Å². The number of nitrogens with zero attached hydrogens (tertiary/aromatic N) is 4. The van der Waals surface area contributed by atoms with E-state index in [1.54, 1.807) is 0 Å². The first-order chi connectivity index (χ1) is 13.8. The molecule has 0 unspecified atom stereocenters. The van der Waals surface area contributed by atoms with E-state index in [2.05, 4.69) is 11.1 Å². The molecule has 0 radical (unpaired) electrons. The van der Waals surface area contributed by atoms with Crippen molar-refractivity contribution >= 4 is 39.3 Å². The van der Waals surface area contributed by atoms with Crippen molar-refractivity contribution in [3.8, 4) is 29.3 Å². The minimum Gasteiger partial charge on any atom is -0.389 e. The number of hydrogen-bond donors (Lipinski definition) is 1. The number of rotatable bonds is 2. The second-order valence-electron chi connectivity index (χ2n) is 7.28. The Balaban J connectivity index is 2.39. The highest BCUT2D eigenvalue weighted by atomic mass is 32.1. The Labute approximate surface area is 176 Å². The molecule has 2 aromatic heterocycles. The summed E-state index contributed by atoms with van der Waals surface area (Å²) in [6.45, 7) is 6.09. The molecule has 1 aromatic carbocycles. The molecule has 7 heteroatoms. The van der Waals surface area contributed by atoms with E-state index in [1.807, 2.05) is 69.3 Å². The van der Waals surface area contributed by atoms with Crippen molar-refractivity contribution in [2.24, 2.45) is 0 Å². The summed E-state index contributed by atoms with van der Waals surface area (Å²) >= 11 is 2.64. The molecule has 5 nitrogen and oxygen atoms in total. The predicted molar refractivity (Wildman–Crippen MR) is 117 cm³/mol. The molecule has 29 heavy (non-hydrogen) atoms. The van der Waals surface area contributed by atoms with Crippen molar-refractivity contribution in [2.75, 3.05) is 5.73 Å². The van der Waals surface area contributed by atoms with Gasteiger partial charge in [0.25, 0.3) is 0 Å². The number of hydrogen-bond acceptors (Lipinski definition) is 7. The summed E-state index contributed by atoms with van der Waals surface area (Å²) < 4.78 is 1.25. The fraction of sp³-hybridized carbons (Fsp3) is 0.182. The Morgan fingerprint density at radius 2 is 1.72 bits per heavy atom. The number of thiazole rings is 1. The first-order valence-corrected chi connectivity index (χ1v) is 10.3. The SMILES string of the molecule is CC(C)(C)c1nc(=C(C#N)C#N)sc1=Cc1sc(N)c(C#N)c1-c1ccccc1. The summed E-state index contributed by atoms with van der Waals surface area (Å²) in [5.41, 5.74) is 8.79. The summed E-state index contributed by atoms with van der Waals surface area (Å²) in [5, 5.41) is 28.6. The third kappa shape index (κ3) is 3.91. The summed E-state index contributed by atoms with van der Waals surface area (Å²) in [5.74, 6) is 0. The van der Waals surface area contributed by atoms with Crippen molar-refractivity contribution in [1.82, 2.24) is 4.98 Å². The summed E-state index contributed by atoms with van der Waals surface area (Å²) in [7, 11) is 0. The van der Waals surface area contributed by atoms with Gasteiger partial charge in [-0.15, -0.1) is 22.7 Å². The quantitative estimate of drug-likeness (QED) is 0.687. The highest BCUT2D eigenvalue weighted by Crippen LogP contribution is 2.38. The number of benzene rings is 1. The standard InChI is InChI=1S/C22H17N5S2/c1-22(2,3)19-17(29-21(27-19)14(10-23)11-24)9-16-18(13-7-5-4-6-8-13)15(12-25)20(26)28-16/h4-9H,26H2,1-3H3. The summed E-state index contributed by atoms with van der Waals surface area (Å²) in [6, 6.07) is 15.7. The van der Waals surface area contributed by atoms with Gasteiger partial charge in [0.1, 0.15) is 27.9 Å². The van der Waals surface area contributed by atoms with Gasteiger partial charge in [-0.2, -0.15) is 15.8 Å². The maximum atomic E-state index is 9.64. The lowest BCUT2D eigenvalue weighted by Crippen LogP contribution is -2.21. The smallest absolute Gasteiger partial charge is 0.165 e. The number of nitrogens with two attached hydrogens (primary N) is 1.